The summed E-state index contributed by atoms with van der Waals surface area (Å²) in [6.45, 7) is 4.30. The molecule has 0 bridgehead atoms. The van der Waals surface area contributed by atoms with Crippen molar-refractivity contribution >= 4 is 22.9 Å². The van der Waals surface area contributed by atoms with Crippen LogP contribution in [0.5, 0.6) is 0 Å². The average molecular weight is 280 g/mol. The van der Waals surface area contributed by atoms with E-state index < -0.39 is 0 Å². The third-order valence-corrected chi connectivity index (χ3v) is 4.44. The summed E-state index contributed by atoms with van der Waals surface area (Å²) in [4.78, 5) is 1.32. The van der Waals surface area contributed by atoms with Crippen LogP contribution in [0.25, 0.3) is 0 Å². The molecule has 1 atom stereocenters. The van der Waals surface area contributed by atoms with Crippen LogP contribution in [0.1, 0.15) is 27.6 Å². The van der Waals surface area contributed by atoms with Gasteiger partial charge < -0.3 is 5.32 Å². The van der Waals surface area contributed by atoms with Crippen LogP contribution in [-0.4, -0.2) is 7.05 Å². The van der Waals surface area contributed by atoms with E-state index in [0.29, 0.717) is 6.04 Å². The van der Waals surface area contributed by atoms with E-state index >= 15 is 0 Å². The third-order valence-electron chi connectivity index (χ3n) is 3.18. The molecule has 0 aliphatic rings. The normalized spacial score (nSPS) is 12.7. The van der Waals surface area contributed by atoms with Crippen LogP contribution in [0.3, 0.4) is 0 Å². The second-order valence-corrected chi connectivity index (χ2v) is 6.41. The van der Waals surface area contributed by atoms with Crippen LogP contribution < -0.4 is 5.32 Å². The van der Waals surface area contributed by atoms with Gasteiger partial charge in [0.15, 0.2) is 0 Å². The second kappa shape index (κ2) is 5.87. The first-order valence-electron chi connectivity index (χ1n) is 6.09. The van der Waals surface area contributed by atoms with Crippen molar-refractivity contribution in [3.8, 4) is 0 Å². The molecule has 96 valence electrons. The molecule has 0 radical (unpaired) electrons. The molecule has 0 aliphatic heterocycles. The summed E-state index contributed by atoms with van der Waals surface area (Å²) in [5.41, 5.74) is 4.02. The van der Waals surface area contributed by atoms with E-state index in [2.05, 4.69) is 43.4 Å². The number of nitrogens with one attached hydrogen (secondary N) is 1. The monoisotopic (exact) mass is 279 g/mol. The van der Waals surface area contributed by atoms with E-state index in [-0.39, 0.29) is 0 Å². The Morgan fingerprint density at radius 3 is 2.56 bits per heavy atom. The molecule has 0 saturated heterocycles. The van der Waals surface area contributed by atoms with Crippen molar-refractivity contribution < 1.29 is 0 Å². The highest BCUT2D eigenvalue weighted by molar-refractivity contribution is 7.16. The molecule has 1 heterocycles. The van der Waals surface area contributed by atoms with Gasteiger partial charge in [-0.15, -0.1) is 11.3 Å². The Hall–Kier alpha value is -0.830. The van der Waals surface area contributed by atoms with Gasteiger partial charge in [-0.05, 0) is 44.2 Å². The zero-order valence-electron chi connectivity index (χ0n) is 11.0. The molecule has 1 aromatic heterocycles. The summed E-state index contributed by atoms with van der Waals surface area (Å²) < 4.78 is 0.862. The van der Waals surface area contributed by atoms with Gasteiger partial charge in [0.05, 0.1) is 4.34 Å². The predicted molar refractivity (Wildman–Crippen MR) is 80.7 cm³/mol. The van der Waals surface area contributed by atoms with E-state index in [1.807, 2.05) is 13.1 Å². The Bertz CT molecular complexity index is 533. The summed E-state index contributed by atoms with van der Waals surface area (Å²) in [7, 11) is 2.01. The van der Waals surface area contributed by atoms with Crippen LogP contribution in [0, 0.1) is 13.8 Å². The Morgan fingerprint density at radius 1 is 1.22 bits per heavy atom. The zero-order valence-corrected chi connectivity index (χ0v) is 12.5. The maximum atomic E-state index is 5.98. The molecule has 18 heavy (non-hydrogen) atoms. The number of rotatable bonds is 4. The van der Waals surface area contributed by atoms with Gasteiger partial charge in [-0.2, -0.15) is 0 Å². The molecule has 0 aliphatic carbocycles. The molecule has 3 heteroatoms. The van der Waals surface area contributed by atoms with Gasteiger partial charge in [0.2, 0.25) is 0 Å². The van der Waals surface area contributed by atoms with Gasteiger partial charge in [-0.1, -0.05) is 35.4 Å². The number of likely N-dealkylation sites (N-methyl/N-ethyl adjacent to an activating group) is 1. The van der Waals surface area contributed by atoms with Crippen LogP contribution in [0.2, 0.25) is 4.34 Å². The first-order valence-corrected chi connectivity index (χ1v) is 7.28. The van der Waals surface area contributed by atoms with E-state index in [0.717, 1.165) is 10.8 Å². The van der Waals surface area contributed by atoms with Crippen LogP contribution in [0.4, 0.5) is 0 Å². The lowest BCUT2D eigenvalue weighted by atomic mass is 9.97. The number of halogens is 1. The van der Waals surface area contributed by atoms with Gasteiger partial charge in [-0.3, -0.25) is 0 Å². The molecule has 0 amide bonds. The molecule has 2 rings (SSSR count). The van der Waals surface area contributed by atoms with Gasteiger partial charge in [0.25, 0.3) is 0 Å². The average Bonchev–Trinajstić information content (AvgIpc) is 2.72. The Kier molecular flexibility index (Phi) is 4.44. The van der Waals surface area contributed by atoms with E-state index in [1.165, 1.54) is 21.6 Å². The summed E-state index contributed by atoms with van der Waals surface area (Å²) >= 11 is 7.64. The number of hydrogen-bond acceptors (Lipinski definition) is 2. The lowest BCUT2D eigenvalue weighted by Crippen LogP contribution is -2.19. The van der Waals surface area contributed by atoms with Crippen LogP contribution >= 0.6 is 22.9 Å². The van der Waals surface area contributed by atoms with Crippen molar-refractivity contribution in [2.24, 2.45) is 0 Å². The highest BCUT2D eigenvalue weighted by Gasteiger charge is 2.13. The van der Waals surface area contributed by atoms with Crippen LogP contribution in [0.15, 0.2) is 30.3 Å². The lowest BCUT2D eigenvalue weighted by Gasteiger charge is -2.18. The van der Waals surface area contributed by atoms with E-state index in [9.17, 15) is 0 Å². The fourth-order valence-electron chi connectivity index (χ4n) is 2.25. The first kappa shape index (κ1) is 13.6. The molecule has 0 saturated carbocycles. The number of hydrogen-bond donors (Lipinski definition) is 1. The fraction of sp³-hybridized carbons (Fsp3) is 0.333. The van der Waals surface area contributed by atoms with Crippen molar-refractivity contribution in [2.75, 3.05) is 7.05 Å². The van der Waals surface area contributed by atoms with Gasteiger partial charge >= 0.3 is 0 Å². The molecule has 1 unspecified atom stereocenters. The van der Waals surface area contributed by atoms with Crippen molar-refractivity contribution in [1.82, 2.24) is 5.32 Å². The summed E-state index contributed by atoms with van der Waals surface area (Å²) in [6.07, 6.45) is 0.984. The minimum Gasteiger partial charge on any atom is -0.313 e. The fourth-order valence-corrected chi connectivity index (χ4v) is 3.38. The minimum atomic E-state index is 0.348. The largest absolute Gasteiger partial charge is 0.313 e. The first-order chi connectivity index (χ1) is 8.60. The number of aryl methyl sites for hydroxylation is 2. The molecular weight excluding hydrogens is 262 g/mol. The molecule has 2 aromatic rings. The quantitative estimate of drug-likeness (QED) is 0.868. The highest BCUT2D eigenvalue weighted by Crippen LogP contribution is 2.28. The highest BCUT2D eigenvalue weighted by atomic mass is 35.5. The number of thiophene rings is 1. The minimum absolute atomic E-state index is 0.348. The third kappa shape index (κ3) is 3.14. The topological polar surface area (TPSA) is 12.0 Å². The van der Waals surface area contributed by atoms with E-state index in [1.54, 1.807) is 11.3 Å². The Labute approximate surface area is 118 Å². The molecule has 1 N–H and O–H groups in total. The van der Waals surface area contributed by atoms with Crippen molar-refractivity contribution in [3.05, 3.63) is 56.2 Å². The lowest BCUT2D eigenvalue weighted by molar-refractivity contribution is 0.593. The summed E-state index contributed by atoms with van der Waals surface area (Å²) in [5, 5.41) is 3.40. The van der Waals surface area contributed by atoms with Crippen molar-refractivity contribution in [2.45, 2.75) is 26.3 Å². The Balaban J connectivity index is 2.22. The maximum absolute atomic E-state index is 5.98. The second-order valence-electron chi connectivity index (χ2n) is 4.61. The van der Waals surface area contributed by atoms with Crippen LogP contribution in [-0.2, 0) is 6.42 Å². The predicted octanol–water partition coefficient (Wildman–Crippen LogP) is 4.52. The SMILES string of the molecule is CNC(Cc1ccc(Cl)s1)c1ccc(C)cc1C. The Morgan fingerprint density at radius 2 is 2.00 bits per heavy atom. The van der Waals surface area contributed by atoms with E-state index in [4.69, 9.17) is 11.6 Å². The molecule has 1 aromatic carbocycles. The molecular formula is C15H18ClNS. The summed E-state index contributed by atoms with van der Waals surface area (Å²) in [6, 6.07) is 11.1. The van der Waals surface area contributed by atoms with Gasteiger partial charge in [0.1, 0.15) is 0 Å². The summed E-state index contributed by atoms with van der Waals surface area (Å²) in [5.74, 6) is 0. The number of benzene rings is 1. The van der Waals surface area contributed by atoms with Gasteiger partial charge in [0, 0.05) is 17.3 Å². The smallest absolute Gasteiger partial charge is 0.0931 e. The molecule has 0 spiro atoms. The zero-order chi connectivity index (χ0) is 13.1. The standard InChI is InChI=1S/C15H18ClNS/c1-10-4-6-13(11(2)8-10)14(17-3)9-12-5-7-15(16)18-12/h4-8,14,17H,9H2,1-3H3. The molecule has 1 nitrogen and oxygen atoms in total. The van der Waals surface area contributed by atoms with Crippen molar-refractivity contribution in [3.63, 3.8) is 0 Å². The van der Waals surface area contributed by atoms with Crippen molar-refractivity contribution in [1.29, 1.82) is 0 Å². The molecule has 0 fully saturated rings. The maximum Gasteiger partial charge on any atom is 0.0931 e. The van der Waals surface area contributed by atoms with Gasteiger partial charge in [-0.25, -0.2) is 0 Å².